The van der Waals surface area contributed by atoms with Gasteiger partial charge in [0.2, 0.25) is 11.8 Å². The van der Waals surface area contributed by atoms with Gasteiger partial charge >= 0.3 is 0 Å². The summed E-state index contributed by atoms with van der Waals surface area (Å²) in [5.41, 5.74) is 1.87. The molecule has 0 saturated carbocycles. The normalized spacial score (nSPS) is 10.9. The highest BCUT2D eigenvalue weighted by atomic mass is 32.2. The number of hydrogen-bond donors (Lipinski definition) is 2. The lowest BCUT2D eigenvalue weighted by Crippen LogP contribution is -2.34. The van der Waals surface area contributed by atoms with Crippen LogP contribution in [0.5, 0.6) is 5.75 Å². The first-order valence-electron chi connectivity index (χ1n) is 10.8. The number of aromatic nitrogens is 3. The molecule has 1 heterocycles. The molecule has 3 aromatic rings. The van der Waals surface area contributed by atoms with Gasteiger partial charge in [0.25, 0.3) is 0 Å². The van der Waals surface area contributed by atoms with Crippen molar-refractivity contribution in [1.29, 1.82) is 0 Å². The molecule has 0 radical (unpaired) electrons. The molecule has 0 spiro atoms. The van der Waals surface area contributed by atoms with E-state index in [2.05, 4.69) is 20.8 Å². The molecule has 0 aliphatic rings. The SMILES string of the molecule is COc1ccc(C)cc1NC(=O)CNC(=O)CSc1nnc(-c2ccccc2F)n1CC(C)C. The average molecular weight is 486 g/mol. The number of thioether (sulfide) groups is 1. The molecule has 2 N–H and O–H groups in total. The molecule has 0 atom stereocenters. The third-order valence-electron chi connectivity index (χ3n) is 4.79. The van der Waals surface area contributed by atoms with Crippen LogP contribution in [-0.2, 0) is 16.1 Å². The predicted molar refractivity (Wildman–Crippen MR) is 130 cm³/mol. The smallest absolute Gasteiger partial charge is 0.243 e. The van der Waals surface area contributed by atoms with E-state index in [4.69, 9.17) is 4.74 Å². The molecule has 0 saturated heterocycles. The van der Waals surface area contributed by atoms with E-state index >= 15 is 0 Å². The van der Waals surface area contributed by atoms with Crippen molar-refractivity contribution in [3.63, 3.8) is 0 Å². The van der Waals surface area contributed by atoms with Gasteiger partial charge in [-0.3, -0.25) is 9.59 Å². The van der Waals surface area contributed by atoms with Crippen LogP contribution >= 0.6 is 11.8 Å². The predicted octanol–water partition coefficient (Wildman–Crippen LogP) is 3.90. The van der Waals surface area contributed by atoms with E-state index in [-0.39, 0.29) is 35.8 Å². The summed E-state index contributed by atoms with van der Waals surface area (Å²) >= 11 is 1.19. The molecular formula is C24H28FN5O3S. The van der Waals surface area contributed by atoms with Gasteiger partial charge in [0.1, 0.15) is 11.6 Å². The summed E-state index contributed by atoms with van der Waals surface area (Å²) in [6.45, 7) is 6.36. The Balaban J connectivity index is 1.60. The second kappa shape index (κ2) is 11.6. The van der Waals surface area contributed by atoms with Gasteiger partial charge in [0.05, 0.1) is 30.7 Å². The van der Waals surface area contributed by atoms with E-state index < -0.39 is 0 Å². The number of nitrogens with one attached hydrogen (secondary N) is 2. The number of amides is 2. The zero-order valence-electron chi connectivity index (χ0n) is 19.6. The van der Waals surface area contributed by atoms with Crippen molar-refractivity contribution < 1.29 is 18.7 Å². The summed E-state index contributed by atoms with van der Waals surface area (Å²) in [6, 6.07) is 11.8. The summed E-state index contributed by atoms with van der Waals surface area (Å²) in [6.07, 6.45) is 0. The summed E-state index contributed by atoms with van der Waals surface area (Å²) in [5.74, 6) is 0.170. The third kappa shape index (κ3) is 6.57. The second-order valence-corrected chi connectivity index (χ2v) is 9.05. The van der Waals surface area contributed by atoms with Crippen LogP contribution < -0.4 is 15.4 Å². The first-order valence-corrected chi connectivity index (χ1v) is 11.8. The van der Waals surface area contributed by atoms with Crippen molar-refractivity contribution in [3.05, 3.63) is 53.8 Å². The Morgan fingerprint density at radius 1 is 1.15 bits per heavy atom. The summed E-state index contributed by atoms with van der Waals surface area (Å²) < 4.78 is 21.4. The zero-order chi connectivity index (χ0) is 24.7. The topological polar surface area (TPSA) is 98.1 Å². The van der Waals surface area contributed by atoms with Crippen LogP contribution in [0.2, 0.25) is 0 Å². The van der Waals surface area contributed by atoms with E-state index in [1.54, 1.807) is 30.3 Å². The fourth-order valence-corrected chi connectivity index (χ4v) is 4.02. The molecule has 180 valence electrons. The van der Waals surface area contributed by atoms with Gasteiger partial charge in [-0.1, -0.05) is 43.8 Å². The lowest BCUT2D eigenvalue weighted by molar-refractivity contribution is -0.122. The Morgan fingerprint density at radius 2 is 1.91 bits per heavy atom. The van der Waals surface area contributed by atoms with Crippen LogP contribution in [0.4, 0.5) is 10.1 Å². The van der Waals surface area contributed by atoms with Gasteiger partial charge in [-0.25, -0.2) is 4.39 Å². The molecule has 10 heteroatoms. The molecule has 3 rings (SSSR count). The first-order chi connectivity index (χ1) is 16.3. The Hall–Kier alpha value is -3.40. The molecule has 0 bridgehead atoms. The van der Waals surface area contributed by atoms with Crippen LogP contribution in [0.1, 0.15) is 19.4 Å². The fraction of sp³-hybridized carbons (Fsp3) is 0.333. The maximum atomic E-state index is 14.3. The highest BCUT2D eigenvalue weighted by Crippen LogP contribution is 2.27. The summed E-state index contributed by atoms with van der Waals surface area (Å²) in [5, 5.41) is 14.2. The van der Waals surface area contributed by atoms with E-state index in [9.17, 15) is 14.0 Å². The number of methoxy groups -OCH3 is 1. The molecule has 2 amide bonds. The lowest BCUT2D eigenvalue weighted by Gasteiger charge is -2.13. The number of halogens is 1. The first kappa shape index (κ1) is 25.2. The molecule has 8 nitrogen and oxygen atoms in total. The van der Waals surface area contributed by atoms with Gasteiger partial charge in [-0.2, -0.15) is 0 Å². The summed E-state index contributed by atoms with van der Waals surface area (Å²) in [7, 11) is 1.52. The molecule has 1 aromatic heterocycles. The van der Waals surface area contributed by atoms with Crippen molar-refractivity contribution in [2.75, 3.05) is 24.7 Å². The highest BCUT2D eigenvalue weighted by molar-refractivity contribution is 7.99. The van der Waals surface area contributed by atoms with E-state index in [0.29, 0.717) is 34.5 Å². The zero-order valence-corrected chi connectivity index (χ0v) is 20.4. The number of hydrogen-bond acceptors (Lipinski definition) is 6. The molecule has 0 unspecified atom stereocenters. The van der Waals surface area contributed by atoms with Crippen molar-refractivity contribution in [2.24, 2.45) is 5.92 Å². The number of ether oxygens (including phenoxy) is 1. The van der Waals surface area contributed by atoms with Gasteiger partial charge in [0, 0.05) is 6.54 Å². The van der Waals surface area contributed by atoms with Crippen LogP contribution in [-0.4, -0.2) is 46.0 Å². The van der Waals surface area contributed by atoms with Crippen molar-refractivity contribution in [1.82, 2.24) is 20.1 Å². The molecule has 0 aliphatic carbocycles. The monoisotopic (exact) mass is 485 g/mol. The van der Waals surface area contributed by atoms with Crippen LogP contribution in [0.15, 0.2) is 47.6 Å². The van der Waals surface area contributed by atoms with Gasteiger partial charge in [-0.05, 0) is 42.7 Å². The largest absolute Gasteiger partial charge is 0.495 e. The molecule has 0 aliphatic heterocycles. The second-order valence-electron chi connectivity index (χ2n) is 8.11. The average Bonchev–Trinajstić information content (AvgIpc) is 3.18. The van der Waals surface area contributed by atoms with Crippen LogP contribution in [0, 0.1) is 18.7 Å². The maximum absolute atomic E-state index is 14.3. The third-order valence-corrected chi connectivity index (χ3v) is 5.75. The van der Waals surface area contributed by atoms with Crippen LogP contribution in [0.25, 0.3) is 11.4 Å². The van der Waals surface area contributed by atoms with Gasteiger partial charge in [0.15, 0.2) is 11.0 Å². The lowest BCUT2D eigenvalue weighted by atomic mass is 10.2. The van der Waals surface area contributed by atoms with E-state index in [0.717, 1.165) is 5.56 Å². The number of carbonyl (C=O) groups excluding carboxylic acids is 2. The van der Waals surface area contributed by atoms with Crippen molar-refractivity contribution in [3.8, 4) is 17.1 Å². The fourth-order valence-electron chi connectivity index (χ4n) is 3.24. The number of anilines is 1. The molecular weight excluding hydrogens is 457 g/mol. The Morgan fingerprint density at radius 3 is 2.62 bits per heavy atom. The minimum Gasteiger partial charge on any atom is -0.495 e. The Kier molecular flexibility index (Phi) is 8.64. The molecule has 2 aromatic carbocycles. The Bertz CT molecular complexity index is 1170. The minimum absolute atomic E-state index is 0.0363. The maximum Gasteiger partial charge on any atom is 0.243 e. The van der Waals surface area contributed by atoms with Gasteiger partial charge < -0.3 is 19.9 Å². The van der Waals surface area contributed by atoms with Crippen molar-refractivity contribution in [2.45, 2.75) is 32.5 Å². The summed E-state index contributed by atoms with van der Waals surface area (Å²) in [4.78, 5) is 24.6. The minimum atomic E-state index is -0.384. The Labute approximate surface area is 202 Å². The standard InChI is InChI=1S/C24H28FN5O3S/c1-15(2)13-30-23(17-7-5-6-8-18(17)25)28-29-24(30)34-14-22(32)26-12-21(31)27-19-11-16(3)9-10-20(19)33-4/h5-11,15H,12-14H2,1-4H3,(H,26,32)(H,27,31). The number of aryl methyl sites for hydroxylation is 1. The van der Waals surface area contributed by atoms with E-state index in [1.165, 1.54) is 24.9 Å². The van der Waals surface area contributed by atoms with Crippen molar-refractivity contribution >= 4 is 29.3 Å². The number of benzene rings is 2. The number of carbonyl (C=O) groups is 2. The molecule has 34 heavy (non-hydrogen) atoms. The number of nitrogens with zero attached hydrogens (tertiary/aromatic N) is 3. The number of rotatable bonds is 10. The highest BCUT2D eigenvalue weighted by Gasteiger charge is 2.19. The molecule has 0 fully saturated rings. The van der Waals surface area contributed by atoms with Crippen LogP contribution in [0.3, 0.4) is 0 Å². The quantitative estimate of drug-likeness (QED) is 0.423. The van der Waals surface area contributed by atoms with Gasteiger partial charge in [-0.15, -0.1) is 10.2 Å². The van der Waals surface area contributed by atoms with E-state index in [1.807, 2.05) is 31.4 Å².